The van der Waals surface area contributed by atoms with Gasteiger partial charge in [-0.25, -0.2) is 4.79 Å². The molecular formula is C20H25N3O3S. The van der Waals surface area contributed by atoms with Crippen LogP contribution in [0.3, 0.4) is 0 Å². The van der Waals surface area contributed by atoms with Crippen LogP contribution in [-0.2, 0) is 24.3 Å². The molecule has 3 rings (SSSR count). The van der Waals surface area contributed by atoms with E-state index in [1.165, 1.54) is 10.4 Å². The highest BCUT2D eigenvalue weighted by Gasteiger charge is 2.21. The molecule has 1 aromatic heterocycles. The Kier molecular flexibility index (Phi) is 6.34. The third kappa shape index (κ3) is 5.01. The molecule has 0 unspecified atom stereocenters. The fraction of sp³-hybridized carbons (Fsp3) is 0.400. The lowest BCUT2D eigenvalue weighted by Gasteiger charge is -2.27. The summed E-state index contributed by atoms with van der Waals surface area (Å²) in [7, 11) is 3.36. The monoisotopic (exact) mass is 387 g/mol. The van der Waals surface area contributed by atoms with Gasteiger partial charge in [0.1, 0.15) is 5.75 Å². The van der Waals surface area contributed by atoms with Crippen molar-refractivity contribution in [1.29, 1.82) is 0 Å². The summed E-state index contributed by atoms with van der Waals surface area (Å²) in [5.74, 6) is 0.876. The number of carbonyl (C=O) groups is 2. The van der Waals surface area contributed by atoms with E-state index < -0.39 is 0 Å². The van der Waals surface area contributed by atoms with Crippen LogP contribution in [0.2, 0.25) is 0 Å². The fourth-order valence-electron chi connectivity index (χ4n) is 3.11. The Hall–Kier alpha value is -2.54. The van der Waals surface area contributed by atoms with Gasteiger partial charge in [0.05, 0.1) is 7.11 Å². The van der Waals surface area contributed by atoms with E-state index in [1.54, 1.807) is 30.4 Å². The first-order valence-electron chi connectivity index (χ1n) is 9.01. The van der Waals surface area contributed by atoms with Gasteiger partial charge in [0, 0.05) is 44.5 Å². The molecule has 1 N–H and O–H groups in total. The Morgan fingerprint density at radius 3 is 2.78 bits per heavy atom. The Morgan fingerprint density at radius 2 is 2.04 bits per heavy atom. The van der Waals surface area contributed by atoms with Gasteiger partial charge in [-0.2, -0.15) is 0 Å². The molecule has 0 bridgehead atoms. The zero-order valence-corrected chi connectivity index (χ0v) is 16.6. The number of thiophene rings is 1. The maximum absolute atomic E-state index is 12.4. The van der Waals surface area contributed by atoms with Crippen LogP contribution in [0, 0.1) is 0 Å². The molecule has 0 aliphatic carbocycles. The molecule has 0 saturated heterocycles. The fourth-order valence-corrected chi connectivity index (χ4v) is 4.00. The van der Waals surface area contributed by atoms with Gasteiger partial charge in [0.25, 0.3) is 0 Å². The highest BCUT2D eigenvalue weighted by Crippen LogP contribution is 2.24. The highest BCUT2D eigenvalue weighted by molar-refractivity contribution is 7.10. The number of ether oxygens (including phenoxy) is 1. The number of rotatable bonds is 6. The zero-order chi connectivity index (χ0) is 19.2. The Labute approximate surface area is 163 Å². The molecule has 144 valence electrons. The van der Waals surface area contributed by atoms with Crippen LogP contribution in [0.5, 0.6) is 5.75 Å². The number of carbonyl (C=O) groups excluding carboxylic acids is 2. The molecule has 0 spiro atoms. The predicted octanol–water partition coefficient (Wildman–Crippen LogP) is 2.87. The lowest BCUT2D eigenvalue weighted by Crippen LogP contribution is -2.40. The number of amides is 3. The number of fused-ring (bicyclic) bond motifs is 1. The van der Waals surface area contributed by atoms with Gasteiger partial charge in [-0.3, -0.25) is 4.79 Å². The summed E-state index contributed by atoms with van der Waals surface area (Å²) in [5.41, 5.74) is 2.27. The summed E-state index contributed by atoms with van der Waals surface area (Å²) >= 11 is 1.76. The van der Waals surface area contributed by atoms with Crippen molar-refractivity contribution in [2.75, 3.05) is 27.2 Å². The SMILES string of the molecule is COc1ccc(CN(C)C(=O)NCCC(=O)N2CCc3sccc3C2)cc1. The largest absolute Gasteiger partial charge is 0.497 e. The van der Waals surface area contributed by atoms with Crippen LogP contribution in [-0.4, -0.2) is 49.0 Å². The van der Waals surface area contributed by atoms with Crippen LogP contribution in [0.25, 0.3) is 0 Å². The van der Waals surface area contributed by atoms with Crippen molar-refractivity contribution in [2.24, 2.45) is 0 Å². The van der Waals surface area contributed by atoms with Gasteiger partial charge in [-0.05, 0) is 41.1 Å². The van der Waals surface area contributed by atoms with Crippen molar-refractivity contribution in [2.45, 2.75) is 25.9 Å². The van der Waals surface area contributed by atoms with Crippen LogP contribution in [0.15, 0.2) is 35.7 Å². The molecule has 2 aromatic rings. The number of hydrogen-bond donors (Lipinski definition) is 1. The Morgan fingerprint density at radius 1 is 1.26 bits per heavy atom. The van der Waals surface area contributed by atoms with E-state index in [-0.39, 0.29) is 11.9 Å². The first-order chi connectivity index (χ1) is 13.1. The van der Waals surface area contributed by atoms with Gasteiger partial charge in [0.2, 0.25) is 5.91 Å². The molecular weight excluding hydrogens is 362 g/mol. The van der Waals surface area contributed by atoms with E-state index in [9.17, 15) is 9.59 Å². The van der Waals surface area contributed by atoms with E-state index >= 15 is 0 Å². The average Bonchev–Trinajstić information content (AvgIpc) is 3.16. The summed E-state index contributed by atoms with van der Waals surface area (Å²) in [6.07, 6.45) is 1.25. The van der Waals surface area contributed by atoms with Gasteiger partial charge in [-0.1, -0.05) is 12.1 Å². The topological polar surface area (TPSA) is 61.9 Å². The van der Waals surface area contributed by atoms with Crippen LogP contribution in [0.1, 0.15) is 22.4 Å². The third-order valence-electron chi connectivity index (χ3n) is 4.70. The van der Waals surface area contributed by atoms with Gasteiger partial charge in [0.15, 0.2) is 0 Å². The van der Waals surface area contributed by atoms with E-state index in [0.717, 1.165) is 24.3 Å². The normalized spacial score (nSPS) is 13.0. The van der Waals surface area contributed by atoms with Gasteiger partial charge < -0.3 is 19.9 Å². The molecule has 0 fully saturated rings. The maximum Gasteiger partial charge on any atom is 0.317 e. The Bertz CT molecular complexity index is 788. The van der Waals surface area contributed by atoms with Crippen molar-refractivity contribution in [1.82, 2.24) is 15.1 Å². The van der Waals surface area contributed by atoms with Crippen LogP contribution in [0.4, 0.5) is 4.79 Å². The number of urea groups is 1. The molecule has 1 aromatic carbocycles. The molecule has 27 heavy (non-hydrogen) atoms. The summed E-state index contributed by atoms with van der Waals surface area (Å²) in [4.78, 5) is 29.5. The standard InChI is InChI=1S/C20H25N3O3S/c1-22(13-15-3-5-17(26-2)6-4-15)20(25)21-10-7-19(24)23-11-8-18-16(14-23)9-12-27-18/h3-6,9,12H,7-8,10-11,13-14H2,1-2H3,(H,21,25). The lowest BCUT2D eigenvalue weighted by atomic mass is 10.1. The smallest absolute Gasteiger partial charge is 0.317 e. The van der Waals surface area contributed by atoms with Crippen molar-refractivity contribution >= 4 is 23.3 Å². The Balaban J connectivity index is 1.40. The third-order valence-corrected chi connectivity index (χ3v) is 5.72. The minimum atomic E-state index is -0.183. The van der Waals surface area contributed by atoms with Crippen molar-refractivity contribution in [3.05, 3.63) is 51.7 Å². The summed E-state index contributed by atoms with van der Waals surface area (Å²) in [6, 6.07) is 9.52. The van der Waals surface area contributed by atoms with E-state index in [0.29, 0.717) is 26.1 Å². The number of benzene rings is 1. The summed E-state index contributed by atoms with van der Waals surface area (Å²) in [5, 5.41) is 4.91. The second-order valence-corrected chi connectivity index (χ2v) is 7.62. The molecule has 1 aliphatic rings. The quantitative estimate of drug-likeness (QED) is 0.829. The zero-order valence-electron chi connectivity index (χ0n) is 15.7. The molecule has 0 radical (unpaired) electrons. The molecule has 2 heterocycles. The summed E-state index contributed by atoms with van der Waals surface area (Å²) in [6.45, 7) is 2.29. The molecule has 0 atom stereocenters. The number of nitrogens with one attached hydrogen (secondary N) is 1. The highest BCUT2D eigenvalue weighted by atomic mass is 32.1. The molecule has 3 amide bonds. The van der Waals surface area contributed by atoms with Crippen molar-refractivity contribution in [3.63, 3.8) is 0 Å². The number of hydrogen-bond acceptors (Lipinski definition) is 4. The minimum Gasteiger partial charge on any atom is -0.497 e. The molecule has 6 nitrogen and oxygen atoms in total. The van der Waals surface area contributed by atoms with Crippen LogP contribution >= 0.6 is 11.3 Å². The minimum absolute atomic E-state index is 0.0879. The second-order valence-electron chi connectivity index (χ2n) is 6.62. The first-order valence-corrected chi connectivity index (χ1v) is 9.89. The summed E-state index contributed by atoms with van der Waals surface area (Å²) < 4.78 is 5.13. The number of nitrogens with zero attached hydrogens (tertiary/aromatic N) is 2. The van der Waals surface area contributed by atoms with Crippen molar-refractivity contribution in [3.8, 4) is 5.75 Å². The molecule has 1 aliphatic heterocycles. The molecule has 7 heteroatoms. The lowest BCUT2D eigenvalue weighted by molar-refractivity contribution is -0.131. The van der Waals surface area contributed by atoms with Crippen LogP contribution < -0.4 is 10.1 Å². The average molecular weight is 388 g/mol. The van der Waals surface area contributed by atoms with E-state index in [1.807, 2.05) is 29.2 Å². The second kappa shape index (κ2) is 8.90. The van der Waals surface area contributed by atoms with Gasteiger partial charge >= 0.3 is 6.03 Å². The van der Waals surface area contributed by atoms with E-state index in [2.05, 4.69) is 16.8 Å². The maximum atomic E-state index is 12.4. The first kappa shape index (κ1) is 19.2. The van der Waals surface area contributed by atoms with Gasteiger partial charge in [-0.15, -0.1) is 11.3 Å². The van der Waals surface area contributed by atoms with E-state index in [4.69, 9.17) is 4.74 Å². The predicted molar refractivity (Wildman–Crippen MR) is 106 cm³/mol. The van der Waals surface area contributed by atoms with Crippen molar-refractivity contribution < 1.29 is 14.3 Å². The molecule has 0 saturated carbocycles. The number of methoxy groups -OCH3 is 1.